The lowest BCUT2D eigenvalue weighted by Gasteiger charge is -2.11. The molecule has 0 saturated heterocycles. The van der Waals surface area contributed by atoms with Gasteiger partial charge < -0.3 is 4.84 Å². The molecule has 0 aromatic rings. The highest BCUT2D eigenvalue weighted by Gasteiger charge is 2.13. The Balaban J connectivity index is 2.67. The molecule has 0 radical (unpaired) electrons. The number of hydrogen-bond donors (Lipinski definition) is 1. The minimum Gasteiger partial charge on any atom is -0.388 e. The Morgan fingerprint density at radius 2 is 2.67 bits per heavy atom. The minimum atomic E-state index is -0.237. The van der Waals surface area contributed by atoms with Crippen LogP contribution in [-0.2, 0) is 9.63 Å². The number of carbonyl (C=O) groups excluding carboxylic acids is 1. The molecule has 1 unspecified atom stereocenters. The molecule has 0 fully saturated rings. The molecule has 9 heavy (non-hydrogen) atoms. The summed E-state index contributed by atoms with van der Waals surface area (Å²) in [5.41, 5.74) is 2.19. The summed E-state index contributed by atoms with van der Waals surface area (Å²) in [6.45, 7) is 3.47. The third kappa shape index (κ3) is 1.10. The van der Waals surface area contributed by atoms with Crippen LogP contribution in [0.25, 0.3) is 0 Å². The van der Waals surface area contributed by atoms with Gasteiger partial charge in [0.2, 0.25) is 0 Å². The largest absolute Gasteiger partial charge is 0.388 e. The average Bonchev–Trinajstić information content (AvgIpc) is 1.89. The van der Waals surface area contributed by atoms with Gasteiger partial charge in [-0.2, -0.15) is 5.48 Å². The molecule has 1 heterocycles. The van der Waals surface area contributed by atoms with E-state index in [1.165, 1.54) is 6.26 Å². The van der Waals surface area contributed by atoms with E-state index in [9.17, 15) is 4.79 Å². The summed E-state index contributed by atoms with van der Waals surface area (Å²) in [6.07, 6.45) is 4.61. The highest BCUT2D eigenvalue weighted by molar-refractivity contribution is 5.81. The highest BCUT2D eigenvalue weighted by Crippen LogP contribution is 2.03. The van der Waals surface area contributed by atoms with E-state index in [1.54, 1.807) is 12.2 Å². The molecule has 0 aromatic carbocycles. The van der Waals surface area contributed by atoms with Crippen LogP contribution in [0.15, 0.2) is 25.0 Å². The molecule has 0 bridgehead atoms. The maximum absolute atomic E-state index is 10.7. The van der Waals surface area contributed by atoms with Crippen molar-refractivity contribution in [3.8, 4) is 0 Å². The molecule has 48 valence electrons. The third-order valence-electron chi connectivity index (χ3n) is 1.07. The van der Waals surface area contributed by atoms with Crippen molar-refractivity contribution in [2.75, 3.05) is 0 Å². The fraction of sp³-hybridized carbons (Fsp3) is 0.167. The number of amides is 1. The number of hydroxylamine groups is 1. The molecule has 1 rings (SSSR count). The molecule has 1 N–H and O–H groups in total. The zero-order valence-electron chi connectivity index (χ0n) is 4.83. The Bertz CT molecular complexity index is 162. The summed E-state index contributed by atoms with van der Waals surface area (Å²) in [5.74, 6) is -0.411. The van der Waals surface area contributed by atoms with E-state index in [-0.39, 0.29) is 11.8 Å². The molecule has 0 spiro atoms. The number of carbonyl (C=O) groups is 1. The van der Waals surface area contributed by atoms with Crippen molar-refractivity contribution in [2.24, 2.45) is 5.92 Å². The van der Waals surface area contributed by atoms with Gasteiger partial charge in [0.05, 0.1) is 5.92 Å². The lowest BCUT2D eigenvalue weighted by Crippen LogP contribution is -2.30. The van der Waals surface area contributed by atoms with Crippen molar-refractivity contribution < 1.29 is 9.63 Å². The lowest BCUT2D eigenvalue weighted by molar-refractivity contribution is -0.132. The Hall–Kier alpha value is -1.25. The van der Waals surface area contributed by atoms with Gasteiger partial charge in [0, 0.05) is 0 Å². The summed E-state index contributed by atoms with van der Waals surface area (Å²) < 4.78 is 0. The van der Waals surface area contributed by atoms with Crippen LogP contribution in [0.4, 0.5) is 0 Å². The fourth-order valence-corrected chi connectivity index (χ4v) is 0.557. The van der Waals surface area contributed by atoms with Gasteiger partial charge in [-0.1, -0.05) is 6.08 Å². The summed E-state index contributed by atoms with van der Waals surface area (Å²) >= 11 is 0. The van der Waals surface area contributed by atoms with Gasteiger partial charge in [-0.3, -0.25) is 4.79 Å². The molecule has 1 amide bonds. The fourth-order valence-electron chi connectivity index (χ4n) is 0.557. The summed E-state index contributed by atoms with van der Waals surface area (Å²) in [4.78, 5) is 15.2. The zero-order chi connectivity index (χ0) is 6.69. The molecule has 1 aliphatic rings. The van der Waals surface area contributed by atoms with Crippen molar-refractivity contribution in [3.05, 3.63) is 25.0 Å². The van der Waals surface area contributed by atoms with Crippen LogP contribution in [0.3, 0.4) is 0 Å². The van der Waals surface area contributed by atoms with Gasteiger partial charge in [-0.05, 0) is 6.08 Å². The molecule has 3 nitrogen and oxygen atoms in total. The van der Waals surface area contributed by atoms with Crippen LogP contribution in [0, 0.1) is 5.92 Å². The molecule has 1 atom stereocenters. The monoisotopic (exact) mass is 125 g/mol. The maximum Gasteiger partial charge on any atom is 0.263 e. The van der Waals surface area contributed by atoms with Gasteiger partial charge in [-0.25, -0.2) is 0 Å². The van der Waals surface area contributed by atoms with E-state index < -0.39 is 0 Å². The first-order chi connectivity index (χ1) is 4.34. The predicted octanol–water partition coefficient (Wildman–Crippen LogP) is 0.364. The molecule has 1 aliphatic heterocycles. The second-order valence-corrected chi connectivity index (χ2v) is 1.67. The van der Waals surface area contributed by atoms with Crippen LogP contribution >= 0.6 is 0 Å². The topological polar surface area (TPSA) is 38.3 Å². The van der Waals surface area contributed by atoms with E-state index in [1.807, 2.05) is 0 Å². The zero-order valence-corrected chi connectivity index (χ0v) is 4.83. The lowest BCUT2D eigenvalue weighted by atomic mass is 10.1. The molecular weight excluding hydrogens is 118 g/mol. The van der Waals surface area contributed by atoms with Crippen molar-refractivity contribution >= 4 is 5.91 Å². The normalized spacial score (nSPS) is 24.4. The summed E-state index contributed by atoms with van der Waals surface area (Å²) in [6, 6.07) is 0. The highest BCUT2D eigenvalue weighted by atomic mass is 16.6. The SMILES string of the molecule is C=CC1C=CONC1=O. The first kappa shape index (κ1) is 5.88. The molecule has 0 saturated carbocycles. The van der Waals surface area contributed by atoms with E-state index in [0.29, 0.717) is 0 Å². The van der Waals surface area contributed by atoms with Gasteiger partial charge in [0.1, 0.15) is 6.26 Å². The van der Waals surface area contributed by atoms with Crippen molar-refractivity contribution in [2.45, 2.75) is 0 Å². The number of hydrogen-bond acceptors (Lipinski definition) is 2. The number of nitrogens with one attached hydrogen (secondary N) is 1. The van der Waals surface area contributed by atoms with E-state index >= 15 is 0 Å². The van der Waals surface area contributed by atoms with Crippen molar-refractivity contribution in [1.82, 2.24) is 5.48 Å². The second-order valence-electron chi connectivity index (χ2n) is 1.67. The second kappa shape index (κ2) is 2.35. The minimum absolute atomic E-state index is 0.174. The first-order valence-electron chi connectivity index (χ1n) is 2.59. The van der Waals surface area contributed by atoms with Gasteiger partial charge >= 0.3 is 0 Å². The standard InChI is InChI=1S/C6H7NO2/c1-2-5-3-4-9-7-6(5)8/h2-5H,1H2,(H,7,8). The molecule has 0 aliphatic carbocycles. The van der Waals surface area contributed by atoms with Crippen LogP contribution in [-0.4, -0.2) is 5.91 Å². The summed E-state index contributed by atoms with van der Waals surface area (Å²) in [7, 11) is 0. The quantitative estimate of drug-likeness (QED) is 0.514. The van der Waals surface area contributed by atoms with Gasteiger partial charge in [-0.15, -0.1) is 6.58 Å². The Kier molecular flexibility index (Phi) is 1.53. The van der Waals surface area contributed by atoms with Crippen molar-refractivity contribution in [3.63, 3.8) is 0 Å². The number of rotatable bonds is 1. The molecule has 0 aromatic heterocycles. The maximum atomic E-state index is 10.7. The van der Waals surface area contributed by atoms with Gasteiger partial charge in [0.25, 0.3) is 5.91 Å². The van der Waals surface area contributed by atoms with E-state index in [4.69, 9.17) is 0 Å². The first-order valence-corrected chi connectivity index (χ1v) is 2.59. The van der Waals surface area contributed by atoms with Crippen molar-refractivity contribution in [1.29, 1.82) is 0 Å². The van der Waals surface area contributed by atoms with Gasteiger partial charge in [0.15, 0.2) is 0 Å². The summed E-state index contributed by atoms with van der Waals surface area (Å²) in [5, 5.41) is 0. The predicted molar refractivity (Wildman–Crippen MR) is 32.1 cm³/mol. The third-order valence-corrected chi connectivity index (χ3v) is 1.07. The average molecular weight is 125 g/mol. The Morgan fingerprint density at radius 3 is 3.11 bits per heavy atom. The van der Waals surface area contributed by atoms with E-state index in [2.05, 4.69) is 16.9 Å². The van der Waals surface area contributed by atoms with Crippen LogP contribution in [0.2, 0.25) is 0 Å². The molecule has 3 heteroatoms. The van der Waals surface area contributed by atoms with Crippen LogP contribution < -0.4 is 5.48 Å². The van der Waals surface area contributed by atoms with Crippen LogP contribution in [0.1, 0.15) is 0 Å². The van der Waals surface area contributed by atoms with E-state index in [0.717, 1.165) is 0 Å². The Morgan fingerprint density at radius 1 is 1.89 bits per heavy atom. The molecular formula is C6H7NO2. The smallest absolute Gasteiger partial charge is 0.263 e. The Labute approximate surface area is 53.0 Å². The van der Waals surface area contributed by atoms with Crippen LogP contribution in [0.5, 0.6) is 0 Å².